The van der Waals surface area contributed by atoms with Gasteiger partial charge in [0.05, 0.1) is 6.61 Å². The minimum absolute atomic E-state index is 0.0674. The first-order valence-corrected chi connectivity index (χ1v) is 2.98. The van der Waals surface area contributed by atoms with Crippen LogP contribution in [0.1, 0.15) is 6.92 Å². The molecule has 1 fully saturated rings. The molecule has 0 aromatic heterocycles. The molecule has 0 N–H and O–H groups in total. The number of ketones is 1. The molecule has 1 rings (SSSR count). The number of hydrogen-bond acceptors (Lipinski definition) is 4. The zero-order valence-electron chi connectivity index (χ0n) is 5.62. The van der Waals surface area contributed by atoms with Crippen molar-refractivity contribution in [2.75, 3.05) is 13.2 Å². The Morgan fingerprint density at radius 2 is 2.50 bits per heavy atom. The summed E-state index contributed by atoms with van der Waals surface area (Å²) in [5.74, 6) is -0.598. The van der Waals surface area contributed by atoms with Gasteiger partial charge < -0.3 is 9.47 Å². The molecule has 1 aliphatic rings. The first-order chi connectivity index (χ1) is 4.70. The van der Waals surface area contributed by atoms with Crippen LogP contribution in [0.3, 0.4) is 0 Å². The third-order valence-electron chi connectivity index (χ3n) is 1.18. The van der Waals surface area contributed by atoms with Gasteiger partial charge >= 0.3 is 5.97 Å². The third kappa shape index (κ3) is 1.54. The Labute approximate surface area is 58.1 Å². The van der Waals surface area contributed by atoms with E-state index in [1.807, 2.05) is 0 Å². The lowest BCUT2D eigenvalue weighted by Gasteiger charge is -2.04. The third-order valence-corrected chi connectivity index (χ3v) is 1.18. The summed E-state index contributed by atoms with van der Waals surface area (Å²) in [6, 6.07) is 0. The number of hydrogen-bond donors (Lipinski definition) is 0. The summed E-state index contributed by atoms with van der Waals surface area (Å²) in [6.07, 6.45) is -0.655. The van der Waals surface area contributed by atoms with Gasteiger partial charge in [-0.05, 0) is 0 Å². The maximum Gasteiger partial charge on any atom is 0.303 e. The molecule has 0 aliphatic carbocycles. The van der Waals surface area contributed by atoms with Crippen LogP contribution in [0.25, 0.3) is 0 Å². The first-order valence-electron chi connectivity index (χ1n) is 2.98. The van der Waals surface area contributed by atoms with Crippen molar-refractivity contribution in [3.63, 3.8) is 0 Å². The summed E-state index contributed by atoms with van der Waals surface area (Å²) in [5, 5.41) is 0. The fourth-order valence-corrected chi connectivity index (χ4v) is 0.753. The molecular formula is C6H8O4. The van der Waals surface area contributed by atoms with Crippen LogP contribution in [0.2, 0.25) is 0 Å². The van der Waals surface area contributed by atoms with Crippen molar-refractivity contribution in [2.45, 2.75) is 13.0 Å². The van der Waals surface area contributed by atoms with Gasteiger partial charge in [-0.2, -0.15) is 0 Å². The number of esters is 1. The lowest BCUT2D eigenvalue weighted by Crippen LogP contribution is -2.24. The molecule has 0 radical (unpaired) electrons. The maximum absolute atomic E-state index is 10.7. The van der Waals surface area contributed by atoms with E-state index in [4.69, 9.17) is 4.74 Å². The zero-order valence-corrected chi connectivity index (χ0v) is 5.62. The average molecular weight is 144 g/mol. The molecule has 0 bridgehead atoms. The highest BCUT2D eigenvalue weighted by molar-refractivity contribution is 5.87. The number of ether oxygens (including phenoxy) is 2. The van der Waals surface area contributed by atoms with Crippen molar-refractivity contribution in [1.82, 2.24) is 0 Å². The van der Waals surface area contributed by atoms with Crippen molar-refractivity contribution in [3.8, 4) is 0 Å². The summed E-state index contributed by atoms with van der Waals surface area (Å²) in [5.41, 5.74) is 0. The van der Waals surface area contributed by atoms with Gasteiger partial charge in [0, 0.05) is 6.92 Å². The molecule has 0 aromatic rings. The fourth-order valence-electron chi connectivity index (χ4n) is 0.753. The van der Waals surface area contributed by atoms with Gasteiger partial charge in [0.25, 0.3) is 0 Å². The SMILES string of the molecule is CC(=O)O[C@@H]1COCC1=O. The second kappa shape index (κ2) is 2.79. The standard InChI is InChI=1S/C6H8O4/c1-4(7)10-6-3-9-2-5(6)8/h6H,2-3H2,1H3/t6-/m1/s1. The summed E-state index contributed by atoms with van der Waals surface area (Å²) >= 11 is 0. The van der Waals surface area contributed by atoms with E-state index in [1.165, 1.54) is 6.92 Å². The van der Waals surface area contributed by atoms with Gasteiger partial charge in [0.2, 0.25) is 5.78 Å². The smallest absolute Gasteiger partial charge is 0.303 e. The van der Waals surface area contributed by atoms with Crippen LogP contribution in [0.4, 0.5) is 0 Å². The summed E-state index contributed by atoms with van der Waals surface area (Å²) in [4.78, 5) is 21.0. The lowest BCUT2D eigenvalue weighted by atomic mass is 10.3. The van der Waals surface area contributed by atoms with Gasteiger partial charge in [-0.15, -0.1) is 0 Å². The lowest BCUT2D eigenvalue weighted by molar-refractivity contribution is -0.150. The van der Waals surface area contributed by atoms with Crippen molar-refractivity contribution in [1.29, 1.82) is 0 Å². The summed E-state index contributed by atoms with van der Waals surface area (Å²) < 4.78 is 9.35. The van der Waals surface area contributed by atoms with Gasteiger partial charge in [0.15, 0.2) is 6.10 Å². The van der Waals surface area contributed by atoms with Crippen LogP contribution in [0.15, 0.2) is 0 Å². The highest BCUT2D eigenvalue weighted by Crippen LogP contribution is 2.03. The van der Waals surface area contributed by atoms with Crippen LogP contribution >= 0.6 is 0 Å². The Hall–Kier alpha value is -0.900. The minimum Gasteiger partial charge on any atom is -0.452 e. The van der Waals surface area contributed by atoms with Crippen LogP contribution in [-0.4, -0.2) is 31.1 Å². The number of carbonyl (C=O) groups is 2. The Kier molecular flexibility index (Phi) is 2.01. The second-order valence-corrected chi connectivity index (χ2v) is 2.08. The van der Waals surface area contributed by atoms with Crippen molar-refractivity contribution in [3.05, 3.63) is 0 Å². The monoisotopic (exact) mass is 144 g/mol. The van der Waals surface area contributed by atoms with Gasteiger partial charge in [0.1, 0.15) is 6.61 Å². The molecule has 0 amide bonds. The molecule has 1 heterocycles. The van der Waals surface area contributed by atoms with Crippen LogP contribution in [0.5, 0.6) is 0 Å². The largest absolute Gasteiger partial charge is 0.452 e. The van der Waals surface area contributed by atoms with Gasteiger partial charge in [-0.25, -0.2) is 0 Å². The molecule has 1 aliphatic heterocycles. The number of Topliss-reactive ketones (excluding diaryl/α,β-unsaturated/α-hetero) is 1. The Bertz CT molecular complexity index is 163. The molecule has 4 nitrogen and oxygen atoms in total. The average Bonchev–Trinajstić information content (AvgIpc) is 2.15. The molecule has 0 spiro atoms. The first kappa shape index (κ1) is 7.21. The van der Waals surface area contributed by atoms with E-state index in [-0.39, 0.29) is 19.0 Å². The van der Waals surface area contributed by atoms with E-state index in [0.717, 1.165) is 0 Å². The van der Waals surface area contributed by atoms with Crippen molar-refractivity contribution < 1.29 is 19.1 Å². The highest BCUT2D eigenvalue weighted by atomic mass is 16.6. The van der Waals surface area contributed by atoms with Crippen molar-refractivity contribution >= 4 is 11.8 Å². The topological polar surface area (TPSA) is 52.6 Å². The number of carbonyl (C=O) groups excluding carboxylic acids is 2. The van der Waals surface area contributed by atoms with Crippen LogP contribution < -0.4 is 0 Å². The summed E-state index contributed by atoms with van der Waals surface area (Å²) in [7, 11) is 0. The highest BCUT2D eigenvalue weighted by Gasteiger charge is 2.27. The molecule has 56 valence electrons. The van der Waals surface area contributed by atoms with Gasteiger partial charge in [-0.3, -0.25) is 9.59 Å². The maximum atomic E-state index is 10.7. The molecule has 0 aromatic carbocycles. The molecule has 4 heteroatoms. The predicted molar refractivity (Wildman–Crippen MR) is 31.4 cm³/mol. The van der Waals surface area contributed by atoms with Crippen LogP contribution in [0, 0.1) is 0 Å². The normalized spacial score (nSPS) is 24.9. The Morgan fingerprint density at radius 3 is 2.90 bits per heavy atom. The van der Waals surface area contributed by atoms with E-state index < -0.39 is 12.1 Å². The second-order valence-electron chi connectivity index (χ2n) is 2.08. The Morgan fingerprint density at radius 1 is 1.80 bits per heavy atom. The van der Waals surface area contributed by atoms with Crippen molar-refractivity contribution in [2.24, 2.45) is 0 Å². The molecular weight excluding hydrogens is 136 g/mol. The van der Waals surface area contributed by atoms with E-state index >= 15 is 0 Å². The van der Waals surface area contributed by atoms with E-state index in [2.05, 4.69) is 4.74 Å². The minimum atomic E-state index is -0.655. The molecule has 0 unspecified atom stereocenters. The predicted octanol–water partition coefficient (Wildman–Crippen LogP) is -0.483. The van der Waals surface area contributed by atoms with E-state index in [9.17, 15) is 9.59 Å². The van der Waals surface area contributed by atoms with Gasteiger partial charge in [-0.1, -0.05) is 0 Å². The Balaban J connectivity index is 2.40. The zero-order chi connectivity index (χ0) is 7.56. The molecule has 0 saturated carbocycles. The fraction of sp³-hybridized carbons (Fsp3) is 0.667. The molecule has 1 atom stereocenters. The molecule has 10 heavy (non-hydrogen) atoms. The quantitative estimate of drug-likeness (QED) is 0.466. The summed E-state index contributed by atoms with van der Waals surface area (Å²) in [6.45, 7) is 1.54. The molecule has 1 saturated heterocycles. The van der Waals surface area contributed by atoms with E-state index in [0.29, 0.717) is 0 Å². The number of rotatable bonds is 1. The van der Waals surface area contributed by atoms with E-state index in [1.54, 1.807) is 0 Å². The van der Waals surface area contributed by atoms with Crippen LogP contribution in [-0.2, 0) is 19.1 Å².